The van der Waals surface area contributed by atoms with Crippen LogP contribution in [0.25, 0.3) is 0 Å². The van der Waals surface area contributed by atoms with Crippen molar-refractivity contribution in [1.82, 2.24) is 5.32 Å². The summed E-state index contributed by atoms with van der Waals surface area (Å²) < 4.78 is 0. The highest BCUT2D eigenvalue weighted by Crippen LogP contribution is 2.65. The van der Waals surface area contributed by atoms with Crippen molar-refractivity contribution in [3.63, 3.8) is 0 Å². The summed E-state index contributed by atoms with van der Waals surface area (Å²) in [7, 11) is 0. The van der Waals surface area contributed by atoms with E-state index in [1.54, 1.807) is 0 Å². The average Bonchev–Trinajstić information content (AvgIpc) is 3.00. The predicted octanol–water partition coefficient (Wildman–Crippen LogP) is 2.95. The maximum atomic E-state index is 9.15. The first-order chi connectivity index (χ1) is 8.44. The van der Waals surface area contributed by atoms with Gasteiger partial charge < -0.3 is 10.4 Å². The average molecular weight is 251 g/mol. The van der Waals surface area contributed by atoms with Gasteiger partial charge in [-0.2, -0.15) is 0 Å². The number of hydrogen-bond donors (Lipinski definition) is 2. The first-order valence-corrected chi connectivity index (χ1v) is 7.78. The van der Waals surface area contributed by atoms with Crippen molar-refractivity contribution in [2.75, 3.05) is 13.2 Å². The molecule has 0 radical (unpaired) electrons. The van der Waals surface area contributed by atoms with E-state index in [4.69, 9.17) is 5.11 Å². The van der Waals surface area contributed by atoms with E-state index < -0.39 is 0 Å². The van der Waals surface area contributed by atoms with E-state index in [9.17, 15) is 0 Å². The Kier molecular flexibility index (Phi) is 2.84. The van der Waals surface area contributed by atoms with Gasteiger partial charge in [-0.1, -0.05) is 20.8 Å². The van der Waals surface area contributed by atoms with E-state index in [1.165, 1.54) is 32.1 Å². The Hall–Kier alpha value is -0.0800. The summed E-state index contributed by atoms with van der Waals surface area (Å²) in [6.07, 6.45) is 7.83. The minimum atomic E-state index is 0.359. The van der Waals surface area contributed by atoms with E-state index in [2.05, 4.69) is 26.1 Å². The van der Waals surface area contributed by atoms with E-state index in [0.29, 0.717) is 28.9 Å². The van der Waals surface area contributed by atoms with Crippen LogP contribution in [0.3, 0.4) is 0 Å². The summed E-state index contributed by atoms with van der Waals surface area (Å²) in [5.41, 5.74) is 1.46. The fourth-order valence-corrected chi connectivity index (χ4v) is 4.78. The molecule has 3 atom stereocenters. The Morgan fingerprint density at radius 2 is 1.89 bits per heavy atom. The fourth-order valence-electron chi connectivity index (χ4n) is 4.78. The molecule has 0 heterocycles. The number of aliphatic hydroxyl groups is 1. The summed E-state index contributed by atoms with van der Waals surface area (Å²) in [6.45, 7) is 8.96. The molecule has 3 unspecified atom stereocenters. The first-order valence-electron chi connectivity index (χ1n) is 7.78. The summed E-state index contributed by atoms with van der Waals surface area (Å²) >= 11 is 0. The number of aliphatic hydroxyl groups excluding tert-OH is 1. The van der Waals surface area contributed by atoms with Crippen molar-refractivity contribution in [2.24, 2.45) is 22.2 Å². The van der Waals surface area contributed by atoms with Gasteiger partial charge in [-0.3, -0.25) is 0 Å². The fraction of sp³-hybridized carbons (Fsp3) is 1.00. The zero-order chi connectivity index (χ0) is 13.0. The predicted molar refractivity (Wildman–Crippen MR) is 74.4 cm³/mol. The molecule has 3 rings (SSSR count). The molecule has 3 aliphatic rings. The second-order valence-electron chi connectivity index (χ2n) is 8.02. The van der Waals surface area contributed by atoms with Crippen molar-refractivity contribution in [1.29, 1.82) is 0 Å². The Morgan fingerprint density at radius 3 is 2.33 bits per heavy atom. The Labute approximate surface area is 112 Å². The molecular weight excluding hydrogens is 222 g/mol. The Bertz CT molecular complexity index is 334. The largest absolute Gasteiger partial charge is 0.396 e. The molecule has 0 aromatic rings. The van der Waals surface area contributed by atoms with E-state index in [-0.39, 0.29) is 0 Å². The lowest BCUT2D eigenvalue weighted by Crippen LogP contribution is -2.46. The maximum absolute atomic E-state index is 9.15. The summed E-state index contributed by atoms with van der Waals surface area (Å²) in [5, 5.41) is 13.0. The second kappa shape index (κ2) is 3.96. The lowest BCUT2D eigenvalue weighted by molar-refractivity contribution is 0.116. The molecule has 0 aromatic carbocycles. The van der Waals surface area contributed by atoms with Crippen molar-refractivity contribution >= 4 is 0 Å². The Morgan fingerprint density at radius 1 is 1.17 bits per heavy atom. The molecule has 2 bridgehead atoms. The third kappa shape index (κ3) is 1.68. The molecule has 3 fully saturated rings. The van der Waals surface area contributed by atoms with Crippen LogP contribution >= 0.6 is 0 Å². The van der Waals surface area contributed by atoms with Crippen LogP contribution in [-0.2, 0) is 0 Å². The van der Waals surface area contributed by atoms with Gasteiger partial charge in [0.15, 0.2) is 0 Å². The molecule has 104 valence electrons. The molecule has 0 saturated heterocycles. The van der Waals surface area contributed by atoms with E-state index in [0.717, 1.165) is 18.9 Å². The van der Waals surface area contributed by atoms with Crippen LogP contribution in [0.15, 0.2) is 0 Å². The molecule has 3 saturated carbocycles. The van der Waals surface area contributed by atoms with Crippen LogP contribution in [0, 0.1) is 22.2 Å². The van der Waals surface area contributed by atoms with Gasteiger partial charge in [0.1, 0.15) is 0 Å². The summed E-state index contributed by atoms with van der Waals surface area (Å²) in [4.78, 5) is 0. The van der Waals surface area contributed by atoms with Gasteiger partial charge in [-0.25, -0.2) is 0 Å². The van der Waals surface area contributed by atoms with Crippen molar-refractivity contribution in [3.8, 4) is 0 Å². The van der Waals surface area contributed by atoms with Gasteiger partial charge >= 0.3 is 0 Å². The number of nitrogens with one attached hydrogen (secondary N) is 1. The normalized spacial score (nSPS) is 43.3. The van der Waals surface area contributed by atoms with Crippen molar-refractivity contribution in [2.45, 2.75) is 65.3 Å². The third-order valence-corrected chi connectivity index (χ3v) is 7.12. The number of hydrogen-bond acceptors (Lipinski definition) is 2. The van der Waals surface area contributed by atoms with Gasteiger partial charge in [0.25, 0.3) is 0 Å². The molecule has 3 aliphatic carbocycles. The molecule has 18 heavy (non-hydrogen) atoms. The highest BCUT2D eigenvalue weighted by atomic mass is 16.3. The van der Waals surface area contributed by atoms with Gasteiger partial charge in [-0.15, -0.1) is 0 Å². The standard InChI is InChI=1S/C16H29NO/c1-14(2)12-4-5-15(14,3)13(10-12)17-11-16(6-7-16)8-9-18/h12-13,17-18H,4-11H2,1-3H3. The van der Waals surface area contributed by atoms with Crippen LogP contribution in [-0.4, -0.2) is 24.3 Å². The zero-order valence-corrected chi connectivity index (χ0v) is 12.3. The highest BCUT2D eigenvalue weighted by molar-refractivity contribution is 5.13. The molecule has 0 aliphatic heterocycles. The van der Waals surface area contributed by atoms with Crippen LogP contribution in [0.2, 0.25) is 0 Å². The van der Waals surface area contributed by atoms with Gasteiger partial charge in [-0.05, 0) is 60.7 Å². The first kappa shape index (κ1) is 12.9. The molecular formula is C16H29NO. The maximum Gasteiger partial charge on any atom is 0.0436 e. The molecule has 2 nitrogen and oxygen atoms in total. The van der Waals surface area contributed by atoms with Gasteiger partial charge in [0.2, 0.25) is 0 Å². The van der Waals surface area contributed by atoms with E-state index >= 15 is 0 Å². The highest BCUT2D eigenvalue weighted by Gasteiger charge is 2.61. The molecule has 0 aromatic heterocycles. The van der Waals surface area contributed by atoms with Gasteiger partial charge in [0.05, 0.1) is 0 Å². The minimum absolute atomic E-state index is 0.359. The lowest BCUT2D eigenvalue weighted by atomic mass is 9.69. The van der Waals surface area contributed by atoms with Crippen LogP contribution in [0.1, 0.15) is 59.3 Å². The van der Waals surface area contributed by atoms with Gasteiger partial charge in [0, 0.05) is 19.2 Å². The second-order valence-corrected chi connectivity index (χ2v) is 8.02. The molecule has 0 spiro atoms. The third-order valence-electron chi connectivity index (χ3n) is 7.12. The van der Waals surface area contributed by atoms with Crippen LogP contribution < -0.4 is 5.32 Å². The quantitative estimate of drug-likeness (QED) is 0.787. The zero-order valence-electron chi connectivity index (χ0n) is 12.3. The van der Waals surface area contributed by atoms with Crippen LogP contribution in [0.4, 0.5) is 0 Å². The monoisotopic (exact) mass is 251 g/mol. The number of rotatable bonds is 5. The molecule has 2 N–H and O–H groups in total. The summed E-state index contributed by atoms with van der Waals surface area (Å²) in [6, 6.07) is 0.711. The van der Waals surface area contributed by atoms with Crippen molar-refractivity contribution < 1.29 is 5.11 Å². The van der Waals surface area contributed by atoms with Crippen molar-refractivity contribution in [3.05, 3.63) is 0 Å². The molecule has 0 amide bonds. The lowest BCUT2D eigenvalue weighted by Gasteiger charge is -2.40. The summed E-state index contributed by atoms with van der Waals surface area (Å²) in [5.74, 6) is 0.924. The number of fused-ring (bicyclic) bond motifs is 2. The topological polar surface area (TPSA) is 32.3 Å². The minimum Gasteiger partial charge on any atom is -0.396 e. The van der Waals surface area contributed by atoms with E-state index in [1.807, 2.05) is 0 Å². The van der Waals surface area contributed by atoms with Crippen LogP contribution in [0.5, 0.6) is 0 Å². The Balaban J connectivity index is 1.62. The molecule has 2 heteroatoms. The SMILES string of the molecule is CC1(C)C2CCC1(C)C(NCC1(CCO)CC1)C2. The smallest absolute Gasteiger partial charge is 0.0436 e.